The minimum atomic E-state index is -5.20. The number of nitrogens with one attached hydrogen (secondary N) is 4. The summed E-state index contributed by atoms with van der Waals surface area (Å²) >= 11 is 0. The summed E-state index contributed by atoms with van der Waals surface area (Å²) in [6.07, 6.45) is 6.16. The maximum atomic E-state index is 11.7. The van der Waals surface area contributed by atoms with Crippen molar-refractivity contribution in [1.82, 2.24) is 29.9 Å². The zero-order chi connectivity index (χ0) is 33.8. The molecule has 0 saturated heterocycles. The number of phenols is 1. The number of imidazole rings is 2. The van der Waals surface area contributed by atoms with Crippen LogP contribution in [0.5, 0.6) is 5.75 Å². The van der Waals surface area contributed by atoms with Crippen LogP contribution in [0.25, 0.3) is 33.1 Å². The molecule has 0 fully saturated rings. The van der Waals surface area contributed by atoms with Crippen molar-refractivity contribution in [3.8, 4) is 5.75 Å². The van der Waals surface area contributed by atoms with Crippen LogP contribution in [0.4, 0.5) is 23.0 Å². The van der Waals surface area contributed by atoms with Gasteiger partial charge in [-0.1, -0.05) is 44.2 Å². The lowest BCUT2D eigenvalue weighted by atomic mass is 10.1. The zero-order valence-corrected chi connectivity index (χ0v) is 27.7. The summed E-state index contributed by atoms with van der Waals surface area (Å²) in [5.74, 6) is 0.447. The van der Waals surface area contributed by atoms with E-state index >= 15 is 0 Å². The van der Waals surface area contributed by atoms with Crippen molar-refractivity contribution >= 4 is 76.3 Å². The van der Waals surface area contributed by atoms with E-state index in [-0.39, 0.29) is 43.8 Å². The molecule has 0 amide bonds. The molecule has 4 heterocycles. The quantitative estimate of drug-likeness (QED) is 0.0904. The first kappa shape index (κ1) is 45.6. The van der Waals surface area contributed by atoms with E-state index in [9.17, 15) is 31.0 Å². The molecule has 0 atom stereocenters. The minimum Gasteiger partial charge on any atom is -0.744 e. The van der Waals surface area contributed by atoms with Gasteiger partial charge in [-0.25, -0.2) is 26.8 Å². The number of aromatic hydroxyl groups is 1. The van der Waals surface area contributed by atoms with E-state index < -0.39 is 35.8 Å². The van der Waals surface area contributed by atoms with Crippen LogP contribution >= 0.6 is 0 Å². The molecule has 0 saturated carbocycles. The van der Waals surface area contributed by atoms with Crippen LogP contribution in [0.15, 0.2) is 99.9 Å². The molecule has 0 aliphatic carbocycles. The van der Waals surface area contributed by atoms with E-state index in [0.29, 0.717) is 23.4 Å². The fourth-order valence-electron chi connectivity index (χ4n) is 4.07. The number of anilines is 2. The number of H-pyrrole nitrogens is 4. The van der Waals surface area contributed by atoms with Crippen molar-refractivity contribution in [3.63, 3.8) is 0 Å². The first-order valence-electron chi connectivity index (χ1n) is 12.9. The molecule has 19 N–H and O–H groups in total. The third kappa shape index (κ3) is 10.3. The second-order valence-electron chi connectivity index (χ2n) is 9.22. The van der Waals surface area contributed by atoms with Crippen LogP contribution in [0, 0.1) is 0 Å². The zero-order valence-electron chi connectivity index (χ0n) is 26.1. The third-order valence-electron chi connectivity index (χ3n) is 6.19. The van der Waals surface area contributed by atoms with Gasteiger partial charge in [-0.15, -0.1) is 5.11 Å². The Balaban J connectivity index is 0.000000859. The lowest BCUT2D eigenvalue weighted by molar-refractivity contribution is -0.352. The van der Waals surface area contributed by atoms with Crippen LogP contribution < -0.4 is 21.4 Å². The Bertz CT molecular complexity index is 2410. The number of phenolic OH excluding ortho intramolecular Hbond substituents is 1. The summed E-state index contributed by atoms with van der Waals surface area (Å²) in [6.45, 7) is 0. The van der Waals surface area contributed by atoms with Gasteiger partial charge >= 0.3 is 0 Å². The molecule has 7 aromatic rings. The van der Waals surface area contributed by atoms with E-state index in [1.165, 1.54) is 12.7 Å². The van der Waals surface area contributed by atoms with Crippen molar-refractivity contribution in [2.24, 2.45) is 10.2 Å². The molecule has 3 aromatic carbocycles. The molecule has 52 heavy (non-hydrogen) atoms. The number of aromatic amines is 4. The summed E-state index contributed by atoms with van der Waals surface area (Å²) in [7, 11) is -10.2. The first-order valence-corrected chi connectivity index (χ1v) is 15.7. The summed E-state index contributed by atoms with van der Waals surface area (Å²) in [4.78, 5) is 25.1. The van der Waals surface area contributed by atoms with E-state index in [2.05, 4.69) is 50.1 Å². The monoisotopic (exact) mass is 768 g/mol. The van der Waals surface area contributed by atoms with Crippen LogP contribution in [-0.2, 0) is 20.2 Å². The first-order chi connectivity index (χ1) is 22.3. The van der Waals surface area contributed by atoms with Crippen molar-refractivity contribution < 1.29 is 68.4 Å². The van der Waals surface area contributed by atoms with E-state index in [1.54, 1.807) is 43.0 Å². The number of hydrogen-bond donors (Lipinski definition) is 5. The molecule has 26 heteroatoms. The Morgan fingerprint density at radius 1 is 0.692 bits per heavy atom. The lowest BCUT2D eigenvalue weighted by Gasteiger charge is -2.16. The number of nitrogen functional groups attached to an aromatic ring is 2. The number of nitrogens with two attached hydrogens (primary N) is 2. The highest BCUT2D eigenvalue weighted by atomic mass is 32.2. The standard InChI is InChI=1S/C16H12N2O7S2.2C5H5N5.5H2O/c19-13-7-6-10-8-12(26(20,21)22)9-14(27(23,24)25)15(10)16(13)18-17-11-4-2-1-3-5-11;2*6-4-3-5(9-1-7-3)10-2-8-4;;;;;/h1-9,19H,(H,20,21,22)(H,23,24,25);2*1-2H,(H3,6,7,8,9,10);5*1H2. The summed E-state index contributed by atoms with van der Waals surface area (Å²) < 4.78 is 68.8. The Morgan fingerprint density at radius 3 is 1.67 bits per heavy atom. The number of rotatable bonds is 4. The number of azo groups is 1. The molecule has 0 aliphatic heterocycles. The Hall–Kier alpha value is -6.36. The van der Waals surface area contributed by atoms with Gasteiger partial charge in [0, 0.05) is 5.39 Å². The third-order valence-corrected chi connectivity index (χ3v) is 7.86. The largest absolute Gasteiger partial charge is 0.744 e. The van der Waals surface area contributed by atoms with Gasteiger partial charge in [0.15, 0.2) is 23.7 Å². The fourth-order valence-corrected chi connectivity index (χ4v) is 5.41. The van der Waals surface area contributed by atoms with Crippen molar-refractivity contribution in [3.05, 3.63) is 79.9 Å². The number of benzene rings is 3. The Kier molecular flexibility index (Phi) is 16.3. The van der Waals surface area contributed by atoms with Crippen LogP contribution in [0.3, 0.4) is 0 Å². The smallest absolute Gasteiger partial charge is 0.290 e. The SMILES string of the molecule is Nc1nc[nH+]c2nc[nH]c12.Nc1nc[nH+]c2nc[nH]c12.O.O.O.O.O.O=S(=O)([O-])c1cc(S(=O)(=O)[O-])c2c(N=Nc3ccccc3)c(O)ccc2c1. The molecule has 0 unspecified atom stereocenters. The van der Waals surface area contributed by atoms with Crippen LogP contribution in [0.1, 0.15) is 0 Å². The van der Waals surface area contributed by atoms with Crippen molar-refractivity contribution in [1.29, 1.82) is 0 Å². The maximum absolute atomic E-state index is 11.7. The minimum absolute atomic E-state index is 0. The Morgan fingerprint density at radius 2 is 1.21 bits per heavy atom. The molecule has 7 rings (SSSR count). The number of aromatic nitrogens is 8. The van der Waals surface area contributed by atoms with Gasteiger partial charge in [-0.05, 0) is 35.7 Å². The lowest BCUT2D eigenvalue weighted by Crippen LogP contribution is -2.06. The highest BCUT2D eigenvalue weighted by molar-refractivity contribution is 7.86. The average molecular weight is 769 g/mol. The maximum Gasteiger partial charge on any atom is 0.290 e. The summed E-state index contributed by atoms with van der Waals surface area (Å²) in [5.41, 5.74) is 14.0. The predicted octanol–water partition coefficient (Wildman–Crippen LogP) is -2.65. The average Bonchev–Trinajstić information content (AvgIpc) is 3.72. The van der Waals surface area contributed by atoms with Crippen LogP contribution in [0.2, 0.25) is 0 Å². The molecule has 0 spiro atoms. The van der Waals surface area contributed by atoms with E-state index in [4.69, 9.17) is 11.5 Å². The molecule has 0 radical (unpaired) electrons. The van der Waals surface area contributed by atoms with Crippen LogP contribution in [-0.4, -0.2) is 88.3 Å². The van der Waals surface area contributed by atoms with Gasteiger partial charge in [-0.2, -0.15) is 5.11 Å². The number of fused-ring (bicyclic) bond motifs is 3. The highest BCUT2D eigenvalue weighted by Crippen LogP contribution is 2.40. The predicted molar refractivity (Wildman–Crippen MR) is 180 cm³/mol. The summed E-state index contributed by atoms with van der Waals surface area (Å²) in [5, 5.41) is 17.3. The molecule has 24 nitrogen and oxygen atoms in total. The van der Waals surface area contributed by atoms with Gasteiger partial charge < -0.3 is 63.0 Å². The fraction of sp³-hybridized carbons (Fsp3) is 0. The topological polar surface area (TPSA) is 480 Å². The molecule has 0 aliphatic rings. The van der Waals surface area contributed by atoms with Gasteiger partial charge in [0.2, 0.25) is 24.3 Å². The van der Waals surface area contributed by atoms with E-state index in [1.807, 2.05) is 0 Å². The molecule has 280 valence electrons. The molecular formula is C26H32N12O12S2. The Labute approximate surface area is 291 Å². The van der Waals surface area contributed by atoms with E-state index in [0.717, 1.165) is 40.5 Å². The van der Waals surface area contributed by atoms with Crippen molar-refractivity contribution in [2.75, 3.05) is 11.5 Å². The normalized spacial score (nSPS) is 10.6. The number of hydrogen-bond acceptors (Lipinski definition) is 15. The molecule has 4 aromatic heterocycles. The van der Waals surface area contributed by atoms with Gasteiger partial charge in [0.1, 0.15) is 31.7 Å². The van der Waals surface area contributed by atoms with Gasteiger partial charge in [-0.3, -0.25) is 0 Å². The molecular weight excluding hydrogens is 736 g/mol. The summed E-state index contributed by atoms with van der Waals surface area (Å²) in [6, 6.07) is 11.9. The second-order valence-corrected chi connectivity index (χ2v) is 12.0. The number of nitrogens with zero attached hydrogens (tertiary/aromatic N) is 6. The highest BCUT2D eigenvalue weighted by Gasteiger charge is 2.18. The van der Waals surface area contributed by atoms with Gasteiger partial charge in [0.05, 0.1) is 15.5 Å². The van der Waals surface area contributed by atoms with Gasteiger partial charge in [0.25, 0.3) is 11.3 Å². The van der Waals surface area contributed by atoms with Crippen molar-refractivity contribution in [2.45, 2.75) is 9.79 Å². The second kappa shape index (κ2) is 18.6. The molecule has 0 bridgehead atoms.